The molecule has 0 saturated carbocycles. The molecule has 0 amide bonds. The van der Waals surface area contributed by atoms with E-state index >= 15 is 0 Å². The number of hydrogen-bond acceptors (Lipinski definition) is 8. The van der Waals surface area contributed by atoms with Crippen LogP contribution in [0.1, 0.15) is 52.6 Å². The minimum absolute atomic E-state index is 0.0449. The van der Waals surface area contributed by atoms with Crippen molar-refractivity contribution in [1.82, 2.24) is 0 Å². The molecule has 0 aromatic heterocycles. The highest BCUT2D eigenvalue weighted by Crippen LogP contribution is 2.37. The van der Waals surface area contributed by atoms with Crippen LogP contribution >= 0.6 is 0 Å². The van der Waals surface area contributed by atoms with Crippen LogP contribution in [0.15, 0.2) is 84.9 Å². The van der Waals surface area contributed by atoms with Gasteiger partial charge < -0.3 is 40.1 Å². The summed E-state index contributed by atoms with van der Waals surface area (Å²) in [6, 6.07) is 16.2. The predicted molar refractivity (Wildman–Crippen MR) is 150 cm³/mol. The Hall–Kier alpha value is -6.70. The maximum absolute atomic E-state index is 12.5. The molecule has 0 saturated heterocycles. The molecule has 14 nitrogen and oxygen atoms in total. The van der Waals surface area contributed by atoms with Gasteiger partial charge in [0.05, 0.1) is 22.3 Å². The number of aromatic carboxylic acids is 4. The Morgan fingerprint density at radius 1 is 0.400 bits per heavy atom. The fourth-order valence-corrected chi connectivity index (χ4v) is 4.47. The van der Waals surface area contributed by atoms with Crippen LogP contribution < -0.4 is 9.47 Å². The highest BCUT2D eigenvalue weighted by molar-refractivity contribution is 6.08. The Labute approximate surface area is 251 Å². The highest BCUT2D eigenvalue weighted by atomic mass is 16.5. The van der Waals surface area contributed by atoms with Crippen molar-refractivity contribution in [3.05, 3.63) is 118 Å². The zero-order valence-corrected chi connectivity index (χ0v) is 22.5. The van der Waals surface area contributed by atoms with Crippen molar-refractivity contribution in [2.75, 3.05) is 0 Å². The Balaban J connectivity index is 1.64. The average molecular weight is 616 g/mol. The Bertz CT molecular complexity index is 1720. The third-order valence-corrected chi connectivity index (χ3v) is 6.59. The minimum atomic E-state index is -2.61. The standard InChI is InChI=1S/C31H20O14/c32-25(33)21-11-9-19(13-23(21)27(36)37)44-17-5-1-15(2-6-17)31(29(40)41,30(42)43)16-3-7-18(8-4-16)45-20-10-12-22(26(34)35)24(14-20)28(38)39/h1-14H,(H,32,33)(H,34,35)(H,36,37)(H,38,39)(H,40,41)(H,42,43). The number of rotatable bonds is 12. The first-order valence-corrected chi connectivity index (χ1v) is 12.5. The summed E-state index contributed by atoms with van der Waals surface area (Å²) in [5, 5.41) is 57.3. The molecule has 4 aromatic carbocycles. The van der Waals surface area contributed by atoms with E-state index in [2.05, 4.69) is 0 Å². The van der Waals surface area contributed by atoms with E-state index in [4.69, 9.17) is 9.47 Å². The van der Waals surface area contributed by atoms with Gasteiger partial charge in [-0.2, -0.15) is 0 Å². The molecule has 0 bridgehead atoms. The smallest absolute Gasteiger partial charge is 0.336 e. The number of carboxylic acid groups (broad SMARTS) is 6. The third kappa shape index (κ3) is 6.10. The first-order valence-electron chi connectivity index (χ1n) is 12.5. The van der Waals surface area contributed by atoms with E-state index < -0.39 is 63.5 Å². The van der Waals surface area contributed by atoms with Crippen LogP contribution in [0.5, 0.6) is 23.0 Å². The maximum Gasteiger partial charge on any atom is 0.336 e. The van der Waals surface area contributed by atoms with Crippen molar-refractivity contribution in [2.45, 2.75) is 5.41 Å². The number of benzene rings is 4. The third-order valence-electron chi connectivity index (χ3n) is 6.59. The topological polar surface area (TPSA) is 242 Å². The second-order valence-electron chi connectivity index (χ2n) is 9.25. The van der Waals surface area contributed by atoms with Gasteiger partial charge in [-0.25, -0.2) is 19.2 Å². The molecule has 14 heteroatoms. The lowest BCUT2D eigenvalue weighted by Crippen LogP contribution is -2.44. The van der Waals surface area contributed by atoms with Gasteiger partial charge in [0.2, 0.25) is 5.41 Å². The fraction of sp³-hybridized carbons (Fsp3) is 0.0323. The summed E-state index contributed by atoms with van der Waals surface area (Å²) in [7, 11) is 0. The lowest BCUT2D eigenvalue weighted by atomic mass is 9.74. The minimum Gasteiger partial charge on any atom is -0.480 e. The van der Waals surface area contributed by atoms with Gasteiger partial charge in [-0.15, -0.1) is 0 Å². The van der Waals surface area contributed by atoms with Crippen molar-refractivity contribution in [3.8, 4) is 23.0 Å². The quantitative estimate of drug-likeness (QED) is 0.120. The molecule has 45 heavy (non-hydrogen) atoms. The van der Waals surface area contributed by atoms with Crippen LogP contribution in [0.2, 0.25) is 0 Å². The largest absolute Gasteiger partial charge is 0.480 e. The second-order valence-corrected chi connectivity index (χ2v) is 9.25. The molecule has 4 rings (SSSR count). The number of carboxylic acids is 6. The van der Waals surface area contributed by atoms with Gasteiger partial charge in [0.1, 0.15) is 23.0 Å². The summed E-state index contributed by atoms with van der Waals surface area (Å²) in [4.78, 5) is 70.5. The van der Waals surface area contributed by atoms with Crippen molar-refractivity contribution in [1.29, 1.82) is 0 Å². The van der Waals surface area contributed by atoms with Gasteiger partial charge in [0.25, 0.3) is 0 Å². The van der Waals surface area contributed by atoms with Gasteiger partial charge in [-0.1, -0.05) is 24.3 Å². The number of ether oxygens (including phenoxy) is 2. The lowest BCUT2D eigenvalue weighted by molar-refractivity contribution is -0.155. The Morgan fingerprint density at radius 3 is 0.956 bits per heavy atom. The molecule has 0 fully saturated rings. The molecule has 4 aromatic rings. The van der Waals surface area contributed by atoms with Gasteiger partial charge in [-0.3, -0.25) is 9.59 Å². The van der Waals surface area contributed by atoms with E-state index in [1.165, 1.54) is 60.7 Å². The Morgan fingerprint density at radius 2 is 0.689 bits per heavy atom. The van der Waals surface area contributed by atoms with Crippen molar-refractivity contribution in [2.24, 2.45) is 0 Å². The van der Waals surface area contributed by atoms with Crippen LogP contribution in [-0.4, -0.2) is 66.5 Å². The number of hydrogen-bond donors (Lipinski definition) is 6. The Kier molecular flexibility index (Phi) is 8.52. The normalized spacial score (nSPS) is 10.8. The van der Waals surface area contributed by atoms with Crippen LogP contribution in [-0.2, 0) is 15.0 Å². The summed E-state index contributed by atoms with van der Waals surface area (Å²) in [5.74, 6) is -9.36. The molecule has 6 N–H and O–H groups in total. The van der Waals surface area contributed by atoms with Crippen LogP contribution in [0.25, 0.3) is 0 Å². The molecular weight excluding hydrogens is 596 g/mol. The molecule has 0 aliphatic carbocycles. The van der Waals surface area contributed by atoms with Crippen molar-refractivity contribution in [3.63, 3.8) is 0 Å². The van der Waals surface area contributed by atoms with Crippen LogP contribution in [0.3, 0.4) is 0 Å². The molecule has 0 unspecified atom stereocenters. The van der Waals surface area contributed by atoms with Crippen molar-refractivity contribution >= 4 is 35.8 Å². The number of carbonyl (C=O) groups is 6. The predicted octanol–water partition coefficient (Wildman–Crippen LogP) is 4.52. The summed E-state index contributed by atoms with van der Waals surface area (Å²) < 4.78 is 11.2. The molecule has 0 aliphatic heterocycles. The van der Waals surface area contributed by atoms with E-state index in [0.717, 1.165) is 24.3 Å². The molecule has 0 aliphatic rings. The summed E-state index contributed by atoms with van der Waals surface area (Å²) in [5.41, 5.74) is -4.97. The van der Waals surface area contributed by atoms with Crippen LogP contribution in [0, 0.1) is 0 Å². The zero-order valence-electron chi connectivity index (χ0n) is 22.5. The lowest BCUT2D eigenvalue weighted by Gasteiger charge is -2.26. The van der Waals surface area contributed by atoms with Gasteiger partial charge >= 0.3 is 35.8 Å². The summed E-state index contributed by atoms with van der Waals surface area (Å²) >= 11 is 0. The van der Waals surface area contributed by atoms with E-state index in [1.807, 2.05) is 0 Å². The molecule has 0 radical (unpaired) electrons. The number of aliphatic carboxylic acids is 2. The molecule has 0 atom stereocenters. The fourth-order valence-electron chi connectivity index (χ4n) is 4.47. The highest BCUT2D eigenvalue weighted by Gasteiger charge is 2.50. The van der Waals surface area contributed by atoms with Crippen LogP contribution in [0.4, 0.5) is 0 Å². The first-order chi connectivity index (χ1) is 21.2. The summed E-state index contributed by atoms with van der Waals surface area (Å²) in [6.45, 7) is 0. The van der Waals surface area contributed by atoms with Gasteiger partial charge in [0, 0.05) is 0 Å². The second kappa shape index (κ2) is 12.3. The van der Waals surface area contributed by atoms with E-state index in [-0.39, 0.29) is 34.1 Å². The van der Waals surface area contributed by atoms with Gasteiger partial charge in [0.15, 0.2) is 0 Å². The SMILES string of the molecule is O=C(O)c1ccc(Oc2ccc(C(C(=O)O)(C(=O)O)c3ccc(Oc4ccc(C(=O)O)c(C(=O)O)c4)cc3)cc2)cc1C(=O)O. The molecule has 0 heterocycles. The summed E-state index contributed by atoms with van der Waals surface area (Å²) in [6.07, 6.45) is 0. The van der Waals surface area contributed by atoms with Gasteiger partial charge in [-0.05, 0) is 71.8 Å². The average Bonchev–Trinajstić information content (AvgIpc) is 2.98. The maximum atomic E-state index is 12.5. The monoisotopic (exact) mass is 616 g/mol. The first kappa shape index (κ1) is 31.2. The van der Waals surface area contributed by atoms with E-state index in [1.54, 1.807) is 0 Å². The zero-order chi connectivity index (χ0) is 33.1. The van der Waals surface area contributed by atoms with E-state index in [9.17, 15) is 59.4 Å². The molecule has 0 spiro atoms. The van der Waals surface area contributed by atoms with Crippen molar-refractivity contribution < 1.29 is 68.9 Å². The molecular formula is C31H20O14. The molecule has 228 valence electrons. The van der Waals surface area contributed by atoms with E-state index in [0.29, 0.717) is 0 Å².